The summed E-state index contributed by atoms with van der Waals surface area (Å²) in [5.74, 6) is 0. The number of hydrogen-bond acceptors (Lipinski definition) is 3. The van der Waals surface area contributed by atoms with Crippen LogP contribution in [0.4, 0.5) is 0 Å². The molecular weight excluding hydrogens is 250 g/mol. The van der Waals surface area contributed by atoms with Gasteiger partial charge in [-0.05, 0) is 31.9 Å². The molecule has 0 saturated heterocycles. The van der Waals surface area contributed by atoms with Crippen LogP contribution >= 0.6 is 0 Å². The van der Waals surface area contributed by atoms with Crippen molar-refractivity contribution in [3.8, 4) is 0 Å². The van der Waals surface area contributed by atoms with Gasteiger partial charge in [0.2, 0.25) is 0 Å². The summed E-state index contributed by atoms with van der Waals surface area (Å²) < 4.78 is 8.01. The zero-order valence-corrected chi connectivity index (χ0v) is 14.2. The van der Waals surface area contributed by atoms with Crippen molar-refractivity contribution in [1.82, 2.24) is 15.1 Å². The van der Waals surface area contributed by atoms with Gasteiger partial charge in [0.25, 0.3) is 0 Å². The van der Waals surface area contributed by atoms with Gasteiger partial charge in [-0.1, -0.05) is 27.7 Å². The molecule has 1 heterocycles. The Kier molecular flexibility index (Phi) is 6.21. The number of hydrogen-bond donors (Lipinski definition) is 1. The predicted molar refractivity (Wildman–Crippen MR) is 84.0 cm³/mol. The molecule has 0 radical (unpaired) electrons. The zero-order chi connectivity index (χ0) is 15.3. The quantitative estimate of drug-likeness (QED) is 0.835. The van der Waals surface area contributed by atoms with Crippen LogP contribution in [-0.2, 0) is 24.6 Å². The molecule has 116 valence electrons. The Hall–Kier alpha value is -0.870. The summed E-state index contributed by atoms with van der Waals surface area (Å²) in [6, 6.07) is 2.49. The van der Waals surface area contributed by atoms with Gasteiger partial charge >= 0.3 is 0 Å². The van der Waals surface area contributed by atoms with E-state index in [4.69, 9.17) is 4.74 Å². The minimum atomic E-state index is 0.107. The highest BCUT2D eigenvalue weighted by Gasteiger charge is 2.32. The summed E-state index contributed by atoms with van der Waals surface area (Å²) in [6.45, 7) is 11.6. The molecule has 2 atom stereocenters. The average molecular weight is 281 g/mol. The molecule has 0 bridgehead atoms. The molecule has 4 heteroatoms. The van der Waals surface area contributed by atoms with Gasteiger partial charge in [-0.15, -0.1) is 0 Å². The smallest absolute Gasteiger partial charge is 0.0779 e. The van der Waals surface area contributed by atoms with Crippen molar-refractivity contribution in [2.45, 2.75) is 59.6 Å². The number of likely N-dealkylation sites (N-methyl/N-ethyl adjacent to an activating group) is 1. The van der Waals surface area contributed by atoms with Gasteiger partial charge in [0.15, 0.2) is 0 Å². The normalized spacial score (nSPS) is 15.3. The summed E-state index contributed by atoms with van der Waals surface area (Å²) in [4.78, 5) is 0. The van der Waals surface area contributed by atoms with Gasteiger partial charge in [-0.2, -0.15) is 5.10 Å². The molecule has 0 aliphatic heterocycles. The van der Waals surface area contributed by atoms with Crippen molar-refractivity contribution in [1.29, 1.82) is 0 Å². The van der Waals surface area contributed by atoms with Crippen LogP contribution in [0.15, 0.2) is 6.07 Å². The second-order valence-electron chi connectivity index (χ2n) is 6.45. The Bertz CT molecular complexity index is 406. The van der Waals surface area contributed by atoms with Crippen molar-refractivity contribution in [3.05, 3.63) is 17.5 Å². The Labute approximate surface area is 123 Å². The molecule has 0 aliphatic carbocycles. The summed E-state index contributed by atoms with van der Waals surface area (Å²) in [7, 11) is 4.04. The SMILES string of the molecule is CCOC(C(Cc1cc(CC)nn1C)NC)C(C)(C)C. The number of rotatable bonds is 7. The number of nitrogens with zero attached hydrogens (tertiary/aromatic N) is 2. The van der Waals surface area contributed by atoms with Gasteiger partial charge in [-0.25, -0.2) is 0 Å². The van der Waals surface area contributed by atoms with Crippen LogP contribution in [-0.4, -0.2) is 35.6 Å². The lowest BCUT2D eigenvalue weighted by atomic mass is 9.83. The molecule has 0 aliphatic rings. The largest absolute Gasteiger partial charge is 0.376 e. The fourth-order valence-electron chi connectivity index (χ4n) is 2.67. The molecule has 0 fully saturated rings. The van der Waals surface area contributed by atoms with Crippen LogP contribution in [0.3, 0.4) is 0 Å². The van der Waals surface area contributed by atoms with E-state index in [1.165, 1.54) is 5.69 Å². The molecule has 1 aromatic heterocycles. The molecule has 2 unspecified atom stereocenters. The van der Waals surface area contributed by atoms with Crippen molar-refractivity contribution in [2.24, 2.45) is 12.5 Å². The van der Waals surface area contributed by atoms with Crippen molar-refractivity contribution in [2.75, 3.05) is 13.7 Å². The number of aryl methyl sites for hydroxylation is 2. The minimum absolute atomic E-state index is 0.107. The van der Waals surface area contributed by atoms with Gasteiger partial charge in [0.05, 0.1) is 11.8 Å². The molecular formula is C16H31N3O. The van der Waals surface area contributed by atoms with E-state index in [1.54, 1.807) is 0 Å². The Morgan fingerprint density at radius 2 is 2.00 bits per heavy atom. The van der Waals surface area contributed by atoms with E-state index in [1.807, 2.05) is 18.8 Å². The molecule has 1 N–H and O–H groups in total. The third kappa shape index (κ3) is 4.32. The maximum Gasteiger partial charge on any atom is 0.0779 e. The van der Waals surface area contributed by atoms with E-state index in [2.05, 4.69) is 51.1 Å². The summed E-state index contributed by atoms with van der Waals surface area (Å²) in [6.07, 6.45) is 2.09. The first-order chi connectivity index (χ1) is 9.33. The summed E-state index contributed by atoms with van der Waals surface area (Å²) in [5.41, 5.74) is 2.52. The predicted octanol–water partition coefficient (Wildman–Crippen LogP) is 2.56. The van der Waals surface area contributed by atoms with Crippen LogP contribution < -0.4 is 5.32 Å². The lowest BCUT2D eigenvalue weighted by Crippen LogP contribution is -2.48. The van der Waals surface area contributed by atoms with E-state index in [-0.39, 0.29) is 17.6 Å². The Morgan fingerprint density at radius 3 is 2.40 bits per heavy atom. The number of aromatic nitrogens is 2. The molecule has 1 aromatic rings. The standard InChI is InChI=1S/C16H31N3O/c1-8-12-10-13(19(7)18-12)11-14(17-6)15(20-9-2)16(3,4)5/h10,14-15,17H,8-9,11H2,1-7H3. The van der Waals surface area contributed by atoms with E-state index >= 15 is 0 Å². The molecule has 1 rings (SSSR count). The van der Waals surface area contributed by atoms with Crippen molar-refractivity contribution in [3.63, 3.8) is 0 Å². The highest BCUT2D eigenvalue weighted by Crippen LogP contribution is 2.26. The molecule has 0 aromatic carbocycles. The summed E-state index contributed by atoms with van der Waals surface area (Å²) in [5, 5.41) is 7.96. The first kappa shape index (κ1) is 17.2. The van der Waals surface area contributed by atoms with Crippen LogP contribution in [0.1, 0.15) is 46.0 Å². The minimum Gasteiger partial charge on any atom is -0.376 e. The van der Waals surface area contributed by atoms with Crippen molar-refractivity contribution >= 4 is 0 Å². The van der Waals surface area contributed by atoms with Crippen LogP contribution in [0.5, 0.6) is 0 Å². The molecule has 4 nitrogen and oxygen atoms in total. The topological polar surface area (TPSA) is 39.1 Å². The van der Waals surface area contributed by atoms with Gasteiger partial charge in [-0.3, -0.25) is 4.68 Å². The first-order valence-electron chi connectivity index (χ1n) is 7.64. The van der Waals surface area contributed by atoms with E-state index in [0.717, 1.165) is 25.1 Å². The van der Waals surface area contributed by atoms with Crippen LogP contribution in [0.25, 0.3) is 0 Å². The molecule has 0 spiro atoms. The van der Waals surface area contributed by atoms with Crippen LogP contribution in [0.2, 0.25) is 0 Å². The second kappa shape index (κ2) is 7.23. The van der Waals surface area contributed by atoms with Gasteiger partial charge in [0, 0.05) is 31.8 Å². The van der Waals surface area contributed by atoms with Gasteiger partial charge in [0.1, 0.15) is 0 Å². The number of nitrogens with one attached hydrogen (secondary N) is 1. The first-order valence-corrected chi connectivity index (χ1v) is 7.64. The lowest BCUT2D eigenvalue weighted by Gasteiger charge is -2.36. The monoisotopic (exact) mass is 281 g/mol. The number of ether oxygens (including phenoxy) is 1. The molecule has 0 saturated carbocycles. The summed E-state index contributed by atoms with van der Waals surface area (Å²) >= 11 is 0. The third-order valence-corrected chi connectivity index (χ3v) is 3.75. The van der Waals surface area contributed by atoms with Gasteiger partial charge < -0.3 is 10.1 Å². The zero-order valence-electron chi connectivity index (χ0n) is 14.2. The van der Waals surface area contributed by atoms with E-state index < -0.39 is 0 Å². The van der Waals surface area contributed by atoms with Crippen molar-refractivity contribution < 1.29 is 4.74 Å². The van der Waals surface area contributed by atoms with E-state index in [0.29, 0.717) is 0 Å². The maximum atomic E-state index is 6.01. The Balaban J connectivity index is 2.90. The third-order valence-electron chi connectivity index (χ3n) is 3.75. The molecule has 0 amide bonds. The average Bonchev–Trinajstić information content (AvgIpc) is 2.73. The highest BCUT2D eigenvalue weighted by atomic mass is 16.5. The second-order valence-corrected chi connectivity index (χ2v) is 6.45. The lowest BCUT2D eigenvalue weighted by molar-refractivity contribution is -0.0343. The van der Waals surface area contributed by atoms with E-state index in [9.17, 15) is 0 Å². The molecule has 20 heavy (non-hydrogen) atoms. The fraction of sp³-hybridized carbons (Fsp3) is 0.812. The maximum absolute atomic E-state index is 6.01. The van der Waals surface area contributed by atoms with Crippen LogP contribution in [0, 0.1) is 5.41 Å². The fourth-order valence-corrected chi connectivity index (χ4v) is 2.67. The highest BCUT2D eigenvalue weighted by molar-refractivity contribution is 5.12. The Morgan fingerprint density at radius 1 is 1.35 bits per heavy atom.